The van der Waals surface area contributed by atoms with Crippen LogP contribution >= 0.6 is 11.3 Å². The number of likely N-dealkylation sites (tertiary alicyclic amines) is 1. The van der Waals surface area contributed by atoms with Gasteiger partial charge in [-0.1, -0.05) is 0 Å². The summed E-state index contributed by atoms with van der Waals surface area (Å²) in [6.07, 6.45) is -0.319. The number of halogens is 3. The highest BCUT2D eigenvalue weighted by molar-refractivity contribution is 7.11. The average molecular weight is 434 g/mol. The highest BCUT2D eigenvalue weighted by atomic mass is 32.1. The van der Waals surface area contributed by atoms with E-state index in [9.17, 15) is 18.0 Å². The fourth-order valence-corrected chi connectivity index (χ4v) is 4.12. The molecule has 4 rings (SSSR count). The molecule has 0 saturated carbocycles. The monoisotopic (exact) mass is 434 g/mol. The van der Waals surface area contributed by atoms with Crippen LogP contribution in [0.15, 0.2) is 36.1 Å². The Bertz CT molecular complexity index is 1070. The molecule has 156 valence electrons. The molecule has 11 heteroatoms. The van der Waals surface area contributed by atoms with Crippen molar-refractivity contribution in [2.24, 2.45) is 0 Å². The van der Waals surface area contributed by atoms with E-state index in [-0.39, 0.29) is 23.7 Å². The maximum Gasteiger partial charge on any atom is 0.416 e. The molecule has 1 saturated heterocycles. The predicted octanol–water partition coefficient (Wildman–Crippen LogP) is 4.38. The Kier molecular flexibility index (Phi) is 5.37. The number of carbonyl (C=O) groups excluding carboxylic acids is 1. The number of rotatable bonds is 4. The first-order valence-electron chi connectivity index (χ1n) is 9.17. The minimum Gasteiger partial charge on any atom is -0.329 e. The quantitative estimate of drug-likeness (QED) is 0.656. The molecule has 1 aliphatic rings. The third-order valence-electron chi connectivity index (χ3n) is 4.80. The lowest BCUT2D eigenvalue weighted by Crippen LogP contribution is -2.31. The smallest absolute Gasteiger partial charge is 0.329 e. The number of aromatic nitrogens is 4. The second-order valence-corrected chi connectivity index (χ2v) is 7.64. The van der Waals surface area contributed by atoms with Crippen molar-refractivity contribution in [2.75, 3.05) is 11.9 Å². The first-order valence-corrected chi connectivity index (χ1v) is 10.0. The number of hydrogen-bond acceptors (Lipinski definition) is 7. The number of thiazole rings is 1. The number of anilines is 2. The SMILES string of the molecule is Cc1ncsc1C(=O)N1CCC[C@H]1c1ccnc(Nc2cc(C(F)(F)F)ccn2)n1. The van der Waals surface area contributed by atoms with Gasteiger partial charge >= 0.3 is 6.18 Å². The zero-order valence-electron chi connectivity index (χ0n) is 15.8. The standard InChI is InChI=1S/C19H17F3N6OS/c1-11-16(30-10-25-11)17(29)28-8-2-3-14(28)13-5-7-24-18(26-13)27-15-9-12(4-6-23-15)19(20,21)22/h4-7,9-10,14H,2-3,8H2,1H3,(H,23,24,26,27)/t14-/m0/s1. The molecule has 4 heterocycles. The van der Waals surface area contributed by atoms with Crippen LogP contribution in [0.3, 0.4) is 0 Å². The van der Waals surface area contributed by atoms with Crippen LogP contribution < -0.4 is 5.32 Å². The first-order chi connectivity index (χ1) is 14.3. The molecule has 0 bridgehead atoms. The number of aryl methyl sites for hydroxylation is 1. The van der Waals surface area contributed by atoms with Gasteiger partial charge < -0.3 is 10.2 Å². The van der Waals surface area contributed by atoms with Crippen LogP contribution in [-0.4, -0.2) is 37.3 Å². The van der Waals surface area contributed by atoms with Gasteiger partial charge in [0.2, 0.25) is 5.95 Å². The molecule has 0 aliphatic carbocycles. The van der Waals surface area contributed by atoms with E-state index in [2.05, 4.69) is 25.3 Å². The van der Waals surface area contributed by atoms with Gasteiger partial charge in [-0.3, -0.25) is 4.79 Å². The molecule has 7 nitrogen and oxygen atoms in total. The third kappa shape index (κ3) is 4.11. The maximum atomic E-state index is 12.9. The lowest BCUT2D eigenvalue weighted by atomic mass is 10.1. The highest BCUT2D eigenvalue weighted by Gasteiger charge is 2.33. The number of pyridine rings is 1. The van der Waals surface area contributed by atoms with Gasteiger partial charge in [0, 0.05) is 18.9 Å². The number of amides is 1. The number of carbonyl (C=O) groups is 1. The third-order valence-corrected chi connectivity index (χ3v) is 5.72. The Balaban J connectivity index is 1.56. The average Bonchev–Trinajstić information content (AvgIpc) is 3.36. The Morgan fingerprint density at radius 3 is 2.77 bits per heavy atom. The van der Waals surface area contributed by atoms with Gasteiger partial charge in [-0.05, 0) is 38.0 Å². The Labute approximate surface area is 174 Å². The maximum absolute atomic E-state index is 12.9. The van der Waals surface area contributed by atoms with Crippen LogP contribution in [0.1, 0.15) is 45.5 Å². The van der Waals surface area contributed by atoms with Crippen molar-refractivity contribution in [3.8, 4) is 0 Å². The number of nitrogens with one attached hydrogen (secondary N) is 1. The van der Waals surface area contributed by atoms with Crippen molar-refractivity contribution in [3.63, 3.8) is 0 Å². The van der Waals surface area contributed by atoms with Crippen LogP contribution in [0, 0.1) is 6.92 Å². The second-order valence-electron chi connectivity index (χ2n) is 6.78. The zero-order chi connectivity index (χ0) is 21.3. The normalized spacial score (nSPS) is 16.7. The van der Waals surface area contributed by atoms with Crippen LogP contribution in [0.25, 0.3) is 0 Å². The summed E-state index contributed by atoms with van der Waals surface area (Å²) in [5, 5.41) is 2.72. The summed E-state index contributed by atoms with van der Waals surface area (Å²) < 4.78 is 38.7. The molecule has 30 heavy (non-hydrogen) atoms. The predicted molar refractivity (Wildman–Crippen MR) is 104 cm³/mol. The molecule has 0 radical (unpaired) electrons. The Morgan fingerprint density at radius 2 is 2.03 bits per heavy atom. The molecule has 1 atom stereocenters. The van der Waals surface area contributed by atoms with Crippen molar-refractivity contribution >= 4 is 29.0 Å². The lowest BCUT2D eigenvalue weighted by molar-refractivity contribution is -0.137. The minimum absolute atomic E-state index is 0.0124. The van der Waals surface area contributed by atoms with Gasteiger partial charge in [-0.25, -0.2) is 19.9 Å². The molecule has 3 aromatic heterocycles. The molecule has 1 amide bonds. The number of alkyl halides is 3. The molecule has 0 aromatic carbocycles. The molecular formula is C19H17F3N6OS. The fraction of sp³-hybridized carbons (Fsp3) is 0.316. The fourth-order valence-electron chi connectivity index (χ4n) is 3.36. The summed E-state index contributed by atoms with van der Waals surface area (Å²) in [5.74, 6) is 0.0133. The largest absolute Gasteiger partial charge is 0.416 e. The van der Waals surface area contributed by atoms with Gasteiger partial charge in [0.15, 0.2) is 0 Å². The van der Waals surface area contributed by atoms with Crippen LogP contribution in [-0.2, 0) is 6.18 Å². The van der Waals surface area contributed by atoms with Crippen molar-refractivity contribution in [1.29, 1.82) is 0 Å². The van der Waals surface area contributed by atoms with Crippen molar-refractivity contribution in [3.05, 3.63) is 57.9 Å². The lowest BCUT2D eigenvalue weighted by Gasteiger charge is -2.24. The number of hydrogen-bond donors (Lipinski definition) is 1. The number of nitrogens with zero attached hydrogens (tertiary/aromatic N) is 5. The van der Waals surface area contributed by atoms with Crippen LogP contribution in [0.2, 0.25) is 0 Å². The van der Waals surface area contributed by atoms with E-state index in [0.29, 0.717) is 22.8 Å². The molecule has 1 aliphatic heterocycles. The van der Waals surface area contributed by atoms with E-state index in [1.807, 2.05) is 0 Å². The zero-order valence-corrected chi connectivity index (χ0v) is 16.7. The second kappa shape index (κ2) is 7.98. The molecule has 1 N–H and O–H groups in total. The van der Waals surface area contributed by atoms with Gasteiger partial charge in [0.25, 0.3) is 5.91 Å². The first kappa shape index (κ1) is 20.2. The van der Waals surface area contributed by atoms with Crippen molar-refractivity contribution < 1.29 is 18.0 Å². The van der Waals surface area contributed by atoms with E-state index in [1.54, 1.807) is 23.4 Å². The van der Waals surface area contributed by atoms with Gasteiger partial charge in [-0.2, -0.15) is 13.2 Å². The van der Waals surface area contributed by atoms with E-state index in [0.717, 1.165) is 31.2 Å². The van der Waals surface area contributed by atoms with E-state index < -0.39 is 11.7 Å². The highest BCUT2D eigenvalue weighted by Crippen LogP contribution is 2.34. The van der Waals surface area contributed by atoms with E-state index >= 15 is 0 Å². The van der Waals surface area contributed by atoms with Crippen molar-refractivity contribution in [2.45, 2.75) is 32.0 Å². The van der Waals surface area contributed by atoms with E-state index in [1.165, 1.54) is 17.5 Å². The Hall–Kier alpha value is -3.08. The summed E-state index contributed by atoms with van der Waals surface area (Å²) in [6.45, 7) is 2.40. The summed E-state index contributed by atoms with van der Waals surface area (Å²) in [4.78, 5) is 31.8. The summed E-state index contributed by atoms with van der Waals surface area (Å²) in [5.41, 5.74) is 2.13. The molecular weight excluding hydrogens is 417 g/mol. The van der Waals surface area contributed by atoms with Gasteiger partial charge in [-0.15, -0.1) is 11.3 Å². The molecule has 1 fully saturated rings. The minimum atomic E-state index is -4.47. The van der Waals surface area contributed by atoms with E-state index in [4.69, 9.17) is 0 Å². The van der Waals surface area contributed by atoms with Gasteiger partial charge in [0.1, 0.15) is 10.7 Å². The summed E-state index contributed by atoms with van der Waals surface area (Å²) >= 11 is 1.30. The van der Waals surface area contributed by atoms with Crippen molar-refractivity contribution in [1.82, 2.24) is 24.8 Å². The molecule has 3 aromatic rings. The van der Waals surface area contributed by atoms with Gasteiger partial charge in [0.05, 0.1) is 28.5 Å². The molecule has 0 unspecified atom stereocenters. The van der Waals surface area contributed by atoms with Crippen LogP contribution in [0.5, 0.6) is 0 Å². The molecule has 0 spiro atoms. The summed E-state index contributed by atoms with van der Waals surface area (Å²) in [7, 11) is 0. The Morgan fingerprint density at radius 1 is 1.23 bits per heavy atom. The van der Waals surface area contributed by atoms with Crippen LogP contribution in [0.4, 0.5) is 24.9 Å². The summed E-state index contributed by atoms with van der Waals surface area (Å²) in [6, 6.07) is 3.26. The topological polar surface area (TPSA) is 83.9 Å².